The number of aryl methyl sites for hydroxylation is 4. The maximum atomic E-state index is 13.2. The molecule has 0 bridgehead atoms. The summed E-state index contributed by atoms with van der Waals surface area (Å²) in [6.07, 6.45) is 6.96. The number of nitrogens with zero attached hydrogens (tertiary/aromatic N) is 4. The summed E-state index contributed by atoms with van der Waals surface area (Å²) < 4.78 is 16.3. The molecule has 0 aliphatic rings. The van der Waals surface area contributed by atoms with E-state index in [1.165, 1.54) is 4.57 Å². The zero-order valence-electron chi connectivity index (χ0n) is 18.3. The van der Waals surface area contributed by atoms with Gasteiger partial charge in [0, 0.05) is 30.1 Å². The lowest BCUT2D eigenvalue weighted by Gasteiger charge is -2.11. The van der Waals surface area contributed by atoms with Crippen molar-refractivity contribution in [3.05, 3.63) is 61.0 Å². The third-order valence-corrected chi connectivity index (χ3v) is 7.09. The van der Waals surface area contributed by atoms with Gasteiger partial charge in [-0.3, -0.25) is 13.9 Å². The average molecular weight is 537 g/mol. The van der Waals surface area contributed by atoms with Crippen molar-refractivity contribution >= 4 is 34.7 Å². The quantitative estimate of drug-likeness (QED) is 0.233. The number of hydrogen-bond acceptors (Lipinski definition) is 4. The van der Waals surface area contributed by atoms with Crippen LogP contribution in [0.3, 0.4) is 0 Å². The maximum absolute atomic E-state index is 13.2. The highest BCUT2D eigenvalue weighted by atomic mass is 79.9. The Labute approximate surface area is 199 Å². The van der Waals surface area contributed by atoms with E-state index >= 15 is 0 Å². The predicted octanol–water partition coefficient (Wildman–Crippen LogP) is 2.52. The number of unbranched alkanes of at least 4 members (excludes halogenated alkanes) is 1. The molecule has 3 aromatic rings. The fraction of sp³-hybridized carbons (Fsp3) is 0.409. The van der Waals surface area contributed by atoms with Gasteiger partial charge in [0.15, 0.2) is 11.2 Å². The zero-order chi connectivity index (χ0) is 24.2. The molecule has 11 heteroatoms. The van der Waals surface area contributed by atoms with Crippen molar-refractivity contribution in [1.82, 2.24) is 18.7 Å². The number of imidazole rings is 1. The summed E-state index contributed by atoms with van der Waals surface area (Å²) in [5.41, 5.74) is 0.635. The van der Waals surface area contributed by atoms with Crippen molar-refractivity contribution < 1.29 is 14.4 Å². The van der Waals surface area contributed by atoms with Crippen LogP contribution in [0.4, 0.5) is 0 Å². The average Bonchev–Trinajstić information content (AvgIpc) is 3.13. The second-order valence-electron chi connectivity index (χ2n) is 7.66. The topological polar surface area (TPSA) is 119 Å². The highest BCUT2D eigenvalue weighted by Crippen LogP contribution is 2.35. The Morgan fingerprint density at radius 2 is 1.85 bits per heavy atom. The zero-order valence-corrected chi connectivity index (χ0v) is 20.8. The molecule has 0 atom stereocenters. The SMILES string of the molecule is C#CCn1c(=O)c2c(nc(CCc3ccccc3Br)n2CC)n(CCCCP(=O)(O)O)c1=O. The molecule has 0 saturated carbocycles. The fourth-order valence-electron chi connectivity index (χ4n) is 3.83. The third-order valence-electron chi connectivity index (χ3n) is 5.42. The molecule has 33 heavy (non-hydrogen) atoms. The van der Waals surface area contributed by atoms with Gasteiger partial charge in [0.25, 0.3) is 5.56 Å². The molecule has 0 amide bonds. The van der Waals surface area contributed by atoms with Gasteiger partial charge in [0.1, 0.15) is 5.82 Å². The Morgan fingerprint density at radius 3 is 2.48 bits per heavy atom. The van der Waals surface area contributed by atoms with Gasteiger partial charge in [-0.1, -0.05) is 40.0 Å². The molecule has 2 N–H and O–H groups in total. The third kappa shape index (κ3) is 5.74. The van der Waals surface area contributed by atoms with Crippen molar-refractivity contribution in [3.63, 3.8) is 0 Å². The maximum Gasteiger partial charge on any atom is 0.333 e. The first-order chi connectivity index (χ1) is 15.7. The molecule has 2 aromatic heterocycles. The summed E-state index contributed by atoms with van der Waals surface area (Å²) in [6.45, 7) is 2.40. The molecule has 0 aliphatic carbocycles. The molecule has 9 nitrogen and oxygen atoms in total. The summed E-state index contributed by atoms with van der Waals surface area (Å²) in [5.74, 6) is 3.04. The Morgan fingerprint density at radius 1 is 1.12 bits per heavy atom. The lowest BCUT2D eigenvalue weighted by Crippen LogP contribution is -2.40. The minimum atomic E-state index is -4.12. The van der Waals surface area contributed by atoms with Crippen LogP contribution in [0.5, 0.6) is 0 Å². The summed E-state index contributed by atoms with van der Waals surface area (Å²) in [7, 11) is -4.12. The van der Waals surface area contributed by atoms with Crippen LogP contribution in [0, 0.1) is 12.3 Å². The molecule has 0 spiro atoms. The van der Waals surface area contributed by atoms with Crippen LogP contribution >= 0.6 is 23.5 Å². The summed E-state index contributed by atoms with van der Waals surface area (Å²) in [4.78, 5) is 49.1. The number of terminal acetylenes is 1. The van der Waals surface area contributed by atoms with Crippen LogP contribution in [0.1, 0.15) is 31.2 Å². The lowest BCUT2D eigenvalue weighted by atomic mass is 10.1. The van der Waals surface area contributed by atoms with Crippen molar-refractivity contribution in [1.29, 1.82) is 0 Å². The molecule has 0 saturated heterocycles. The summed E-state index contributed by atoms with van der Waals surface area (Å²) in [6, 6.07) is 7.87. The summed E-state index contributed by atoms with van der Waals surface area (Å²) in [5, 5.41) is 0. The van der Waals surface area contributed by atoms with Crippen molar-refractivity contribution in [2.45, 2.75) is 52.2 Å². The highest BCUT2D eigenvalue weighted by molar-refractivity contribution is 9.10. The molecule has 0 unspecified atom stereocenters. The van der Waals surface area contributed by atoms with E-state index < -0.39 is 18.8 Å². The molecular formula is C22H26BrN4O5P. The van der Waals surface area contributed by atoms with Crippen molar-refractivity contribution in [2.24, 2.45) is 0 Å². The predicted molar refractivity (Wildman–Crippen MR) is 130 cm³/mol. The van der Waals surface area contributed by atoms with Gasteiger partial charge >= 0.3 is 13.3 Å². The van der Waals surface area contributed by atoms with E-state index in [-0.39, 0.29) is 31.3 Å². The smallest absolute Gasteiger partial charge is 0.324 e. The molecule has 176 valence electrons. The number of rotatable bonds is 10. The number of benzene rings is 1. The normalized spacial score (nSPS) is 11.7. The lowest BCUT2D eigenvalue weighted by molar-refractivity contribution is 0.370. The van der Waals surface area contributed by atoms with E-state index in [0.29, 0.717) is 37.1 Å². The van der Waals surface area contributed by atoms with Crippen molar-refractivity contribution in [2.75, 3.05) is 6.16 Å². The number of halogens is 1. The molecule has 0 aliphatic heterocycles. The van der Waals surface area contributed by atoms with E-state index in [0.717, 1.165) is 14.6 Å². The number of hydrogen-bond donors (Lipinski definition) is 2. The molecule has 0 radical (unpaired) electrons. The first-order valence-electron chi connectivity index (χ1n) is 10.6. The van der Waals surface area contributed by atoms with Gasteiger partial charge < -0.3 is 14.4 Å². The first-order valence-corrected chi connectivity index (χ1v) is 13.2. The van der Waals surface area contributed by atoms with E-state index in [2.05, 4.69) is 26.8 Å². The molecule has 3 rings (SSSR count). The van der Waals surface area contributed by atoms with E-state index in [4.69, 9.17) is 16.2 Å². The monoisotopic (exact) mass is 536 g/mol. The van der Waals surface area contributed by atoms with Gasteiger partial charge in [-0.2, -0.15) is 0 Å². The van der Waals surface area contributed by atoms with Crippen LogP contribution < -0.4 is 11.2 Å². The Bertz CT molecular complexity index is 1360. The minimum Gasteiger partial charge on any atom is -0.324 e. The van der Waals surface area contributed by atoms with Crippen LogP contribution in [-0.2, 0) is 37.0 Å². The standard InChI is InChI=1S/C22H26BrN4O5P/c1-3-13-27-21(28)19-20(26(22(27)29)14-7-8-15-33(30,31)32)24-18(25(19)4-2)12-11-16-9-5-6-10-17(16)23/h1,5-6,9-10H,4,7-8,11-15H2,2H3,(H2,30,31,32). The van der Waals surface area contributed by atoms with Gasteiger partial charge in [0.2, 0.25) is 0 Å². The molecule has 1 aromatic carbocycles. The Balaban J connectivity index is 2.06. The van der Waals surface area contributed by atoms with Gasteiger partial charge in [-0.25, -0.2) is 14.3 Å². The molecule has 0 fully saturated rings. The molecule has 2 heterocycles. The second-order valence-corrected chi connectivity index (χ2v) is 10.3. The van der Waals surface area contributed by atoms with Gasteiger partial charge in [0.05, 0.1) is 6.54 Å². The second kappa shape index (κ2) is 10.7. The Kier molecular flexibility index (Phi) is 8.14. The van der Waals surface area contributed by atoms with Crippen LogP contribution in [0.15, 0.2) is 38.3 Å². The van der Waals surface area contributed by atoms with Crippen LogP contribution in [0.2, 0.25) is 0 Å². The number of fused-ring (bicyclic) bond motifs is 1. The Hall–Kier alpha value is -2.44. The van der Waals surface area contributed by atoms with E-state index in [9.17, 15) is 14.2 Å². The van der Waals surface area contributed by atoms with Gasteiger partial charge in [-0.05, 0) is 37.8 Å². The highest BCUT2D eigenvalue weighted by Gasteiger charge is 2.21. The largest absolute Gasteiger partial charge is 0.333 e. The summed E-state index contributed by atoms with van der Waals surface area (Å²) >= 11 is 3.55. The van der Waals surface area contributed by atoms with Crippen LogP contribution in [-0.4, -0.2) is 34.6 Å². The van der Waals surface area contributed by atoms with Crippen molar-refractivity contribution in [3.8, 4) is 12.3 Å². The van der Waals surface area contributed by atoms with E-state index in [1.54, 1.807) is 0 Å². The fourth-order valence-corrected chi connectivity index (χ4v) is 4.95. The first kappa shape index (κ1) is 25.2. The number of aromatic nitrogens is 4. The molecular weight excluding hydrogens is 511 g/mol. The van der Waals surface area contributed by atoms with Gasteiger partial charge in [-0.15, -0.1) is 6.42 Å². The minimum absolute atomic E-state index is 0.169. The van der Waals surface area contributed by atoms with Crippen LogP contribution in [0.25, 0.3) is 11.2 Å². The van der Waals surface area contributed by atoms with E-state index in [1.807, 2.05) is 35.8 Å².